The van der Waals surface area contributed by atoms with Crippen LogP contribution in [-0.2, 0) is 5.75 Å². The second-order valence-electron chi connectivity index (χ2n) is 5.55. The van der Waals surface area contributed by atoms with E-state index < -0.39 is 0 Å². The first-order valence-electron chi connectivity index (χ1n) is 7.93. The summed E-state index contributed by atoms with van der Waals surface area (Å²) in [4.78, 5) is 16.4. The van der Waals surface area contributed by atoms with Gasteiger partial charge in [0.1, 0.15) is 11.3 Å². The summed E-state index contributed by atoms with van der Waals surface area (Å²) >= 11 is 7.45. The Morgan fingerprint density at radius 3 is 2.81 bits per heavy atom. The molecule has 0 aliphatic heterocycles. The zero-order valence-electron chi connectivity index (χ0n) is 13.7. The van der Waals surface area contributed by atoms with Gasteiger partial charge in [0.15, 0.2) is 5.75 Å². The fraction of sp³-hybridized carbons (Fsp3) is 0.200. The zero-order chi connectivity index (χ0) is 18.5. The topological polar surface area (TPSA) is 62.2 Å². The van der Waals surface area contributed by atoms with Gasteiger partial charge in [-0.25, -0.2) is 4.39 Å². The van der Waals surface area contributed by atoms with Gasteiger partial charge in [-0.1, -0.05) is 37.2 Å². The van der Waals surface area contributed by atoms with Gasteiger partial charge in [0.05, 0.1) is 5.56 Å². The lowest BCUT2D eigenvalue weighted by Crippen LogP contribution is -2.25. The SMILES string of the molecule is C.O=C(NCCSCc1c(F)cccc1Cl)c1ccc2cccnc2c1O. The van der Waals surface area contributed by atoms with Crippen LogP contribution in [0.3, 0.4) is 0 Å². The Bertz CT molecular complexity index is 932. The number of benzene rings is 2. The number of rotatable bonds is 6. The molecule has 0 atom stereocenters. The van der Waals surface area contributed by atoms with Crippen LogP contribution in [0.5, 0.6) is 5.75 Å². The third kappa shape index (κ3) is 4.90. The molecule has 0 saturated heterocycles. The molecule has 0 spiro atoms. The summed E-state index contributed by atoms with van der Waals surface area (Å²) in [6, 6.07) is 11.5. The Morgan fingerprint density at radius 2 is 2.04 bits per heavy atom. The molecule has 7 heteroatoms. The largest absolute Gasteiger partial charge is 0.505 e. The molecule has 27 heavy (non-hydrogen) atoms. The van der Waals surface area contributed by atoms with E-state index in [9.17, 15) is 14.3 Å². The molecule has 0 saturated carbocycles. The number of aromatic nitrogens is 1. The number of nitrogens with one attached hydrogen (secondary N) is 1. The highest BCUT2D eigenvalue weighted by atomic mass is 35.5. The van der Waals surface area contributed by atoms with Crippen LogP contribution in [0.4, 0.5) is 4.39 Å². The van der Waals surface area contributed by atoms with Crippen LogP contribution >= 0.6 is 23.4 Å². The minimum absolute atomic E-state index is 0. The Morgan fingerprint density at radius 1 is 1.22 bits per heavy atom. The van der Waals surface area contributed by atoms with Gasteiger partial charge in [-0.15, -0.1) is 0 Å². The van der Waals surface area contributed by atoms with Gasteiger partial charge < -0.3 is 10.4 Å². The summed E-state index contributed by atoms with van der Waals surface area (Å²) in [6.07, 6.45) is 1.56. The fourth-order valence-corrected chi connectivity index (χ4v) is 3.69. The molecule has 2 aromatic carbocycles. The number of amides is 1. The van der Waals surface area contributed by atoms with Crippen LogP contribution in [-0.4, -0.2) is 28.3 Å². The molecular formula is C20H20ClFN2O2S. The average Bonchev–Trinajstić information content (AvgIpc) is 2.64. The van der Waals surface area contributed by atoms with Gasteiger partial charge in [-0.3, -0.25) is 9.78 Å². The summed E-state index contributed by atoms with van der Waals surface area (Å²) in [5, 5.41) is 14.2. The minimum Gasteiger partial charge on any atom is -0.505 e. The van der Waals surface area contributed by atoms with Crippen molar-refractivity contribution in [3.8, 4) is 5.75 Å². The van der Waals surface area contributed by atoms with E-state index in [0.717, 1.165) is 5.39 Å². The van der Waals surface area contributed by atoms with Gasteiger partial charge in [0.2, 0.25) is 0 Å². The standard InChI is InChI=1S/C19H16ClFN2O2S.CH4/c20-15-4-1-5-16(21)14(15)11-26-10-9-23-19(25)13-7-6-12-3-2-8-22-17(12)18(13)24;/h1-8,24H,9-11H2,(H,23,25);1H4. The second kappa shape index (κ2) is 9.58. The van der Waals surface area contributed by atoms with Crippen molar-refractivity contribution in [2.24, 2.45) is 0 Å². The predicted molar refractivity (Wildman–Crippen MR) is 110 cm³/mol. The lowest BCUT2D eigenvalue weighted by Gasteiger charge is -2.09. The fourth-order valence-electron chi connectivity index (χ4n) is 2.49. The third-order valence-corrected chi connectivity index (χ3v) is 5.17. The molecule has 142 valence electrons. The molecule has 0 bridgehead atoms. The predicted octanol–water partition coefficient (Wildman–Crippen LogP) is 5.03. The van der Waals surface area contributed by atoms with E-state index in [0.29, 0.717) is 34.2 Å². The summed E-state index contributed by atoms with van der Waals surface area (Å²) < 4.78 is 13.7. The molecule has 2 N–H and O–H groups in total. The van der Waals surface area contributed by atoms with Crippen LogP contribution in [0.2, 0.25) is 5.02 Å². The number of carbonyl (C=O) groups is 1. The van der Waals surface area contributed by atoms with E-state index in [1.807, 2.05) is 6.07 Å². The maximum Gasteiger partial charge on any atom is 0.255 e. The minimum atomic E-state index is -0.375. The highest BCUT2D eigenvalue weighted by Gasteiger charge is 2.14. The van der Waals surface area contributed by atoms with Gasteiger partial charge in [0.25, 0.3) is 5.91 Å². The maximum absolute atomic E-state index is 13.7. The molecule has 1 heterocycles. The van der Waals surface area contributed by atoms with Crippen LogP contribution in [0, 0.1) is 5.82 Å². The van der Waals surface area contributed by atoms with E-state index in [1.165, 1.54) is 17.8 Å². The molecule has 0 unspecified atom stereocenters. The molecule has 1 aromatic heterocycles. The van der Waals surface area contributed by atoms with Crippen LogP contribution in [0.15, 0.2) is 48.7 Å². The molecule has 0 fully saturated rings. The van der Waals surface area contributed by atoms with Crippen molar-refractivity contribution < 1.29 is 14.3 Å². The number of phenolic OH excluding ortho intramolecular Hbond substituents is 1. The molecule has 1 amide bonds. The van der Waals surface area contributed by atoms with E-state index in [4.69, 9.17) is 11.6 Å². The van der Waals surface area contributed by atoms with Crippen molar-refractivity contribution in [3.05, 3.63) is 70.6 Å². The van der Waals surface area contributed by atoms with Crippen molar-refractivity contribution in [1.29, 1.82) is 0 Å². The average molecular weight is 407 g/mol. The Labute approximate surface area is 166 Å². The number of carbonyl (C=O) groups excluding carboxylic acids is 1. The zero-order valence-corrected chi connectivity index (χ0v) is 15.3. The first-order valence-corrected chi connectivity index (χ1v) is 9.46. The van der Waals surface area contributed by atoms with Crippen molar-refractivity contribution >= 4 is 40.2 Å². The normalized spacial score (nSPS) is 10.4. The third-order valence-electron chi connectivity index (χ3n) is 3.83. The number of phenols is 1. The molecular weight excluding hydrogens is 387 g/mol. The molecule has 0 radical (unpaired) electrons. The first kappa shape index (κ1) is 21.0. The number of hydrogen-bond donors (Lipinski definition) is 2. The lowest BCUT2D eigenvalue weighted by molar-refractivity contribution is 0.0953. The Kier molecular flexibility index (Phi) is 7.45. The van der Waals surface area contributed by atoms with Crippen LogP contribution in [0.25, 0.3) is 10.9 Å². The van der Waals surface area contributed by atoms with Crippen LogP contribution < -0.4 is 5.32 Å². The lowest BCUT2D eigenvalue weighted by atomic mass is 10.1. The van der Waals surface area contributed by atoms with E-state index >= 15 is 0 Å². The summed E-state index contributed by atoms with van der Waals surface area (Å²) in [5.41, 5.74) is 1.03. The summed E-state index contributed by atoms with van der Waals surface area (Å²) in [6.45, 7) is 0.384. The van der Waals surface area contributed by atoms with E-state index in [-0.39, 0.29) is 30.5 Å². The Balaban J connectivity index is 0.00000261. The number of hydrogen-bond acceptors (Lipinski definition) is 4. The van der Waals surface area contributed by atoms with Gasteiger partial charge in [0, 0.05) is 40.2 Å². The molecule has 3 rings (SSSR count). The second-order valence-corrected chi connectivity index (χ2v) is 7.06. The van der Waals surface area contributed by atoms with Crippen molar-refractivity contribution in [3.63, 3.8) is 0 Å². The highest BCUT2D eigenvalue weighted by molar-refractivity contribution is 7.98. The van der Waals surface area contributed by atoms with Crippen molar-refractivity contribution in [2.75, 3.05) is 12.3 Å². The molecule has 3 aromatic rings. The quantitative estimate of drug-likeness (QED) is 0.563. The number of thioether (sulfide) groups is 1. The van der Waals surface area contributed by atoms with E-state index in [1.54, 1.807) is 36.5 Å². The number of nitrogens with zero attached hydrogens (tertiary/aromatic N) is 1. The smallest absolute Gasteiger partial charge is 0.255 e. The number of aromatic hydroxyl groups is 1. The maximum atomic E-state index is 13.7. The van der Waals surface area contributed by atoms with Crippen molar-refractivity contribution in [2.45, 2.75) is 13.2 Å². The number of fused-ring (bicyclic) bond motifs is 1. The summed E-state index contributed by atoms with van der Waals surface area (Å²) in [7, 11) is 0. The van der Waals surface area contributed by atoms with Crippen LogP contribution in [0.1, 0.15) is 23.3 Å². The first-order chi connectivity index (χ1) is 12.6. The van der Waals surface area contributed by atoms with Gasteiger partial charge >= 0.3 is 0 Å². The molecule has 4 nitrogen and oxygen atoms in total. The number of halogens is 2. The van der Waals surface area contributed by atoms with Crippen molar-refractivity contribution in [1.82, 2.24) is 10.3 Å². The number of pyridine rings is 1. The van der Waals surface area contributed by atoms with Gasteiger partial charge in [-0.2, -0.15) is 11.8 Å². The molecule has 0 aliphatic carbocycles. The highest BCUT2D eigenvalue weighted by Crippen LogP contribution is 2.27. The molecule has 0 aliphatic rings. The van der Waals surface area contributed by atoms with E-state index in [2.05, 4.69) is 10.3 Å². The monoisotopic (exact) mass is 406 g/mol. The summed E-state index contributed by atoms with van der Waals surface area (Å²) in [5.74, 6) is 0.170. The Hall–Kier alpha value is -2.31. The van der Waals surface area contributed by atoms with Gasteiger partial charge in [-0.05, 0) is 24.3 Å².